The summed E-state index contributed by atoms with van der Waals surface area (Å²) in [6, 6.07) is 0.105. The first-order valence-electron chi connectivity index (χ1n) is 6.25. The van der Waals surface area contributed by atoms with Gasteiger partial charge in [-0.25, -0.2) is 9.97 Å². The van der Waals surface area contributed by atoms with Gasteiger partial charge >= 0.3 is 0 Å². The van der Waals surface area contributed by atoms with Crippen LogP contribution in [0.4, 0.5) is 0 Å². The Bertz CT molecular complexity index is 518. The standard InChI is InChI=1S/C12H18N6O/c1-10(18-6-4-14-11(18)2)7-12(19)15-3-5-17-9-13-8-16-17/h4,6,8-10H,3,5,7H2,1-2H3,(H,15,19). The van der Waals surface area contributed by atoms with Gasteiger partial charge < -0.3 is 9.88 Å². The number of carbonyl (C=O) groups excluding carboxylic acids is 1. The number of hydrogen-bond acceptors (Lipinski definition) is 4. The summed E-state index contributed by atoms with van der Waals surface area (Å²) >= 11 is 0. The molecule has 7 nitrogen and oxygen atoms in total. The Kier molecular flexibility index (Phi) is 4.27. The maximum Gasteiger partial charge on any atom is 0.222 e. The molecule has 1 N–H and O–H groups in total. The van der Waals surface area contributed by atoms with E-state index in [2.05, 4.69) is 20.4 Å². The lowest BCUT2D eigenvalue weighted by molar-refractivity contribution is -0.121. The maximum atomic E-state index is 11.8. The number of aromatic nitrogens is 5. The lowest BCUT2D eigenvalue weighted by atomic mass is 10.2. The molecule has 0 radical (unpaired) electrons. The van der Waals surface area contributed by atoms with Crippen LogP contribution in [0, 0.1) is 6.92 Å². The normalized spacial score (nSPS) is 12.3. The van der Waals surface area contributed by atoms with Crippen LogP contribution in [0.3, 0.4) is 0 Å². The summed E-state index contributed by atoms with van der Waals surface area (Å²) in [6.45, 7) is 5.12. The molecule has 2 heterocycles. The molecule has 0 saturated heterocycles. The van der Waals surface area contributed by atoms with E-state index in [9.17, 15) is 4.79 Å². The second-order valence-corrected chi connectivity index (χ2v) is 4.44. The molecule has 1 atom stereocenters. The van der Waals surface area contributed by atoms with E-state index in [1.54, 1.807) is 17.2 Å². The van der Waals surface area contributed by atoms with E-state index in [1.807, 2.05) is 24.6 Å². The maximum absolute atomic E-state index is 11.8. The molecule has 0 fully saturated rings. The highest BCUT2D eigenvalue weighted by molar-refractivity contribution is 5.76. The fraction of sp³-hybridized carbons (Fsp3) is 0.500. The van der Waals surface area contributed by atoms with E-state index in [0.717, 1.165) is 5.82 Å². The van der Waals surface area contributed by atoms with E-state index in [-0.39, 0.29) is 11.9 Å². The second-order valence-electron chi connectivity index (χ2n) is 4.44. The lowest BCUT2D eigenvalue weighted by Gasteiger charge is -2.14. The Balaban J connectivity index is 1.74. The van der Waals surface area contributed by atoms with Gasteiger partial charge in [0, 0.05) is 31.4 Å². The van der Waals surface area contributed by atoms with Crippen molar-refractivity contribution in [2.45, 2.75) is 32.9 Å². The Labute approximate surface area is 111 Å². The topological polar surface area (TPSA) is 77.6 Å². The van der Waals surface area contributed by atoms with E-state index in [1.165, 1.54) is 6.33 Å². The number of carbonyl (C=O) groups is 1. The largest absolute Gasteiger partial charge is 0.354 e. The summed E-state index contributed by atoms with van der Waals surface area (Å²) in [5.74, 6) is 0.948. The molecule has 7 heteroatoms. The lowest BCUT2D eigenvalue weighted by Crippen LogP contribution is -2.29. The van der Waals surface area contributed by atoms with E-state index < -0.39 is 0 Å². The minimum Gasteiger partial charge on any atom is -0.354 e. The highest BCUT2D eigenvalue weighted by Gasteiger charge is 2.11. The van der Waals surface area contributed by atoms with E-state index >= 15 is 0 Å². The molecule has 0 saturated carbocycles. The number of nitrogens with one attached hydrogen (secondary N) is 1. The van der Waals surface area contributed by atoms with Gasteiger partial charge in [-0.05, 0) is 13.8 Å². The predicted molar refractivity (Wildman–Crippen MR) is 69.3 cm³/mol. The third kappa shape index (κ3) is 3.64. The van der Waals surface area contributed by atoms with Crippen molar-refractivity contribution in [2.75, 3.05) is 6.54 Å². The van der Waals surface area contributed by atoms with Gasteiger partial charge in [-0.2, -0.15) is 5.10 Å². The van der Waals surface area contributed by atoms with Gasteiger partial charge in [-0.3, -0.25) is 9.48 Å². The summed E-state index contributed by atoms with van der Waals surface area (Å²) in [4.78, 5) is 19.8. The molecular formula is C12H18N6O. The summed E-state index contributed by atoms with van der Waals surface area (Å²) < 4.78 is 3.68. The van der Waals surface area contributed by atoms with Gasteiger partial charge in [-0.15, -0.1) is 0 Å². The highest BCUT2D eigenvalue weighted by atomic mass is 16.1. The molecule has 102 valence electrons. The number of amides is 1. The van der Waals surface area contributed by atoms with Crippen LogP contribution in [0.25, 0.3) is 0 Å². The number of imidazole rings is 1. The molecule has 0 aliphatic carbocycles. The highest BCUT2D eigenvalue weighted by Crippen LogP contribution is 2.12. The number of rotatable bonds is 6. The van der Waals surface area contributed by atoms with E-state index in [0.29, 0.717) is 19.5 Å². The number of hydrogen-bond donors (Lipinski definition) is 1. The molecule has 0 bridgehead atoms. The summed E-state index contributed by atoms with van der Waals surface area (Å²) in [6.07, 6.45) is 7.18. The second kappa shape index (κ2) is 6.12. The van der Waals surface area contributed by atoms with Crippen molar-refractivity contribution in [1.82, 2.24) is 29.6 Å². The zero-order valence-electron chi connectivity index (χ0n) is 11.2. The Morgan fingerprint density at radius 3 is 3.00 bits per heavy atom. The van der Waals surface area contributed by atoms with Crippen molar-refractivity contribution in [2.24, 2.45) is 0 Å². The van der Waals surface area contributed by atoms with Crippen LogP contribution in [0.2, 0.25) is 0 Å². The number of aryl methyl sites for hydroxylation is 1. The molecule has 1 unspecified atom stereocenters. The molecule has 0 aliphatic rings. The molecule has 2 aromatic heterocycles. The average Bonchev–Trinajstić information content (AvgIpc) is 3.00. The van der Waals surface area contributed by atoms with Crippen LogP contribution >= 0.6 is 0 Å². The SMILES string of the molecule is Cc1nccn1C(C)CC(=O)NCCn1cncn1. The fourth-order valence-corrected chi connectivity index (χ4v) is 1.95. The summed E-state index contributed by atoms with van der Waals surface area (Å²) in [5.41, 5.74) is 0. The van der Waals surface area contributed by atoms with Crippen molar-refractivity contribution >= 4 is 5.91 Å². The van der Waals surface area contributed by atoms with Crippen molar-refractivity contribution < 1.29 is 4.79 Å². The minimum atomic E-state index is 0.0284. The van der Waals surface area contributed by atoms with Crippen LogP contribution in [-0.4, -0.2) is 36.8 Å². The van der Waals surface area contributed by atoms with Crippen LogP contribution in [0.1, 0.15) is 25.2 Å². The zero-order chi connectivity index (χ0) is 13.7. The van der Waals surface area contributed by atoms with Gasteiger partial charge in [0.05, 0.1) is 6.54 Å². The van der Waals surface area contributed by atoms with Crippen molar-refractivity contribution in [3.05, 3.63) is 30.9 Å². The van der Waals surface area contributed by atoms with Crippen molar-refractivity contribution in [3.8, 4) is 0 Å². The fourth-order valence-electron chi connectivity index (χ4n) is 1.95. The molecule has 0 aromatic carbocycles. The number of nitrogens with zero attached hydrogens (tertiary/aromatic N) is 5. The molecule has 19 heavy (non-hydrogen) atoms. The third-order valence-electron chi connectivity index (χ3n) is 2.95. The summed E-state index contributed by atoms with van der Waals surface area (Å²) in [5, 5.41) is 6.84. The average molecular weight is 262 g/mol. The van der Waals surface area contributed by atoms with Crippen LogP contribution in [-0.2, 0) is 11.3 Å². The molecule has 2 aromatic rings. The Morgan fingerprint density at radius 1 is 1.53 bits per heavy atom. The van der Waals surface area contributed by atoms with Crippen LogP contribution < -0.4 is 5.32 Å². The van der Waals surface area contributed by atoms with E-state index in [4.69, 9.17) is 0 Å². The summed E-state index contributed by atoms with van der Waals surface area (Å²) in [7, 11) is 0. The first-order valence-corrected chi connectivity index (χ1v) is 6.25. The molecule has 2 rings (SSSR count). The molecule has 0 aliphatic heterocycles. The Morgan fingerprint density at radius 2 is 2.37 bits per heavy atom. The van der Waals surface area contributed by atoms with Crippen molar-refractivity contribution in [1.29, 1.82) is 0 Å². The van der Waals surface area contributed by atoms with Gasteiger partial charge in [0.25, 0.3) is 0 Å². The smallest absolute Gasteiger partial charge is 0.222 e. The first kappa shape index (κ1) is 13.3. The first-order chi connectivity index (χ1) is 9.16. The minimum absolute atomic E-state index is 0.0284. The molecule has 1 amide bonds. The van der Waals surface area contributed by atoms with Gasteiger partial charge in [0.2, 0.25) is 5.91 Å². The van der Waals surface area contributed by atoms with Crippen LogP contribution in [0.5, 0.6) is 0 Å². The van der Waals surface area contributed by atoms with Gasteiger partial charge in [0.1, 0.15) is 18.5 Å². The zero-order valence-corrected chi connectivity index (χ0v) is 11.2. The van der Waals surface area contributed by atoms with Crippen molar-refractivity contribution in [3.63, 3.8) is 0 Å². The van der Waals surface area contributed by atoms with Crippen LogP contribution in [0.15, 0.2) is 25.0 Å². The van der Waals surface area contributed by atoms with Gasteiger partial charge in [-0.1, -0.05) is 0 Å². The van der Waals surface area contributed by atoms with Gasteiger partial charge in [0.15, 0.2) is 0 Å². The Hall–Kier alpha value is -2.18. The molecule has 0 spiro atoms. The third-order valence-corrected chi connectivity index (χ3v) is 2.95. The predicted octanol–water partition coefficient (Wildman–Crippen LogP) is 0.551. The molecular weight excluding hydrogens is 244 g/mol. The quantitative estimate of drug-likeness (QED) is 0.824. The monoisotopic (exact) mass is 262 g/mol.